The van der Waals surface area contributed by atoms with E-state index in [-0.39, 0.29) is 11.2 Å². The molecule has 0 spiro atoms. The van der Waals surface area contributed by atoms with Gasteiger partial charge in [-0.15, -0.1) is 0 Å². The molecular weight excluding hydrogens is 250 g/mol. The molecule has 0 bridgehead atoms. The predicted octanol–water partition coefficient (Wildman–Crippen LogP) is 4.43. The van der Waals surface area contributed by atoms with Gasteiger partial charge in [-0.25, -0.2) is 0 Å². The van der Waals surface area contributed by atoms with Crippen LogP contribution >= 0.6 is 0 Å². The Kier molecular flexibility index (Phi) is 3.89. The van der Waals surface area contributed by atoms with Gasteiger partial charge in [-0.2, -0.15) is 0 Å². The summed E-state index contributed by atoms with van der Waals surface area (Å²) in [6, 6.07) is 5.75. The lowest BCUT2D eigenvalue weighted by molar-refractivity contribution is 0.0929. The van der Waals surface area contributed by atoms with Crippen LogP contribution in [0.3, 0.4) is 0 Å². The topological polar surface area (TPSA) is 42.1 Å². The van der Waals surface area contributed by atoms with E-state index in [0.717, 1.165) is 22.2 Å². The van der Waals surface area contributed by atoms with Crippen molar-refractivity contribution in [1.82, 2.24) is 4.98 Å². The van der Waals surface area contributed by atoms with E-state index in [9.17, 15) is 4.79 Å². The van der Waals surface area contributed by atoms with E-state index >= 15 is 0 Å². The third-order valence-corrected chi connectivity index (χ3v) is 4.16. The minimum atomic E-state index is 0.138. The Morgan fingerprint density at radius 3 is 2.65 bits per heavy atom. The average molecular weight is 273 g/mol. The molecule has 0 saturated heterocycles. The molecule has 1 aromatic carbocycles. The van der Waals surface area contributed by atoms with E-state index in [0.29, 0.717) is 12.3 Å². The van der Waals surface area contributed by atoms with Crippen molar-refractivity contribution >= 4 is 16.7 Å². The number of H-pyrrole nitrogens is 1. The molecule has 1 N–H and O–H groups in total. The fraction of sp³-hybridized carbons (Fsp3) is 0.471. The Morgan fingerprint density at radius 1 is 1.35 bits per heavy atom. The van der Waals surface area contributed by atoms with Crippen LogP contribution in [0.25, 0.3) is 10.9 Å². The molecule has 0 saturated carbocycles. The second-order valence-electron chi connectivity index (χ2n) is 6.51. The van der Waals surface area contributed by atoms with Gasteiger partial charge >= 0.3 is 0 Å². The van der Waals surface area contributed by atoms with Crippen molar-refractivity contribution in [3.63, 3.8) is 0 Å². The van der Waals surface area contributed by atoms with Crippen LogP contribution in [-0.2, 0) is 0 Å². The van der Waals surface area contributed by atoms with Crippen molar-refractivity contribution in [1.29, 1.82) is 0 Å². The Balaban J connectivity index is 2.30. The number of rotatable bonds is 4. The number of methoxy groups -OCH3 is 1. The van der Waals surface area contributed by atoms with Gasteiger partial charge in [0.2, 0.25) is 0 Å². The predicted molar refractivity (Wildman–Crippen MR) is 82.4 cm³/mol. The van der Waals surface area contributed by atoms with Gasteiger partial charge in [0.05, 0.1) is 7.11 Å². The van der Waals surface area contributed by atoms with Crippen molar-refractivity contribution < 1.29 is 9.53 Å². The van der Waals surface area contributed by atoms with Gasteiger partial charge in [0.25, 0.3) is 0 Å². The van der Waals surface area contributed by atoms with Crippen LogP contribution in [0.5, 0.6) is 5.75 Å². The molecule has 108 valence electrons. The zero-order valence-corrected chi connectivity index (χ0v) is 12.9. The third kappa shape index (κ3) is 2.87. The summed E-state index contributed by atoms with van der Waals surface area (Å²) in [6.07, 6.45) is 2.37. The fourth-order valence-electron chi connectivity index (χ4n) is 2.15. The average Bonchev–Trinajstić information content (AvgIpc) is 2.80. The lowest BCUT2D eigenvalue weighted by Crippen LogP contribution is -2.20. The van der Waals surface area contributed by atoms with Crippen molar-refractivity contribution in [2.24, 2.45) is 11.3 Å². The SMILES string of the molecule is COc1ccc2[nH]cc(C(=O)CC(C)C(C)(C)C)c2c1. The van der Waals surface area contributed by atoms with Crippen LogP contribution in [-0.4, -0.2) is 17.9 Å². The van der Waals surface area contributed by atoms with E-state index in [1.54, 1.807) is 7.11 Å². The van der Waals surface area contributed by atoms with E-state index < -0.39 is 0 Å². The van der Waals surface area contributed by atoms with E-state index in [1.165, 1.54) is 0 Å². The summed E-state index contributed by atoms with van der Waals surface area (Å²) < 4.78 is 5.24. The number of carbonyl (C=O) groups is 1. The minimum absolute atomic E-state index is 0.138. The lowest BCUT2D eigenvalue weighted by atomic mass is 9.78. The Labute approximate surface area is 120 Å². The number of carbonyl (C=O) groups excluding carboxylic acids is 1. The number of aromatic nitrogens is 1. The summed E-state index contributed by atoms with van der Waals surface area (Å²) in [5.74, 6) is 1.30. The van der Waals surface area contributed by atoms with Crippen LogP contribution in [0.1, 0.15) is 44.5 Å². The summed E-state index contributed by atoms with van der Waals surface area (Å²) in [5.41, 5.74) is 1.87. The molecule has 1 atom stereocenters. The first-order valence-electron chi connectivity index (χ1n) is 7.01. The molecule has 1 heterocycles. The number of hydrogen-bond donors (Lipinski definition) is 1. The highest BCUT2D eigenvalue weighted by atomic mass is 16.5. The first-order chi connectivity index (χ1) is 9.32. The van der Waals surface area contributed by atoms with E-state index in [4.69, 9.17) is 4.74 Å². The van der Waals surface area contributed by atoms with Gasteiger partial charge in [0.1, 0.15) is 5.75 Å². The monoisotopic (exact) mass is 273 g/mol. The molecule has 0 radical (unpaired) electrons. The van der Waals surface area contributed by atoms with Crippen LogP contribution in [0, 0.1) is 11.3 Å². The number of hydrogen-bond acceptors (Lipinski definition) is 2. The molecule has 3 nitrogen and oxygen atoms in total. The molecule has 0 aliphatic rings. The van der Waals surface area contributed by atoms with Gasteiger partial charge in [-0.1, -0.05) is 27.7 Å². The largest absolute Gasteiger partial charge is 0.497 e. The molecule has 0 amide bonds. The quantitative estimate of drug-likeness (QED) is 0.837. The molecule has 1 aromatic heterocycles. The number of nitrogens with one attached hydrogen (secondary N) is 1. The number of benzene rings is 1. The van der Waals surface area contributed by atoms with Crippen LogP contribution in [0.2, 0.25) is 0 Å². The van der Waals surface area contributed by atoms with Crippen LogP contribution < -0.4 is 4.74 Å². The maximum Gasteiger partial charge on any atom is 0.165 e. The Morgan fingerprint density at radius 2 is 2.05 bits per heavy atom. The van der Waals surface area contributed by atoms with Gasteiger partial charge < -0.3 is 9.72 Å². The number of fused-ring (bicyclic) bond motifs is 1. The van der Waals surface area contributed by atoms with Gasteiger partial charge in [-0.3, -0.25) is 4.79 Å². The molecular formula is C17H23NO2. The normalized spacial score (nSPS) is 13.4. The number of ketones is 1. The highest BCUT2D eigenvalue weighted by molar-refractivity contribution is 6.08. The number of Topliss-reactive ketones (excluding diaryl/α,β-unsaturated/α-hetero) is 1. The summed E-state index contributed by atoms with van der Waals surface area (Å²) >= 11 is 0. The summed E-state index contributed by atoms with van der Waals surface area (Å²) in [7, 11) is 1.64. The minimum Gasteiger partial charge on any atom is -0.497 e. The molecule has 2 aromatic rings. The molecule has 0 fully saturated rings. The number of aromatic amines is 1. The van der Waals surface area contributed by atoms with Gasteiger partial charge in [0.15, 0.2) is 5.78 Å². The molecule has 0 aliphatic heterocycles. The molecule has 20 heavy (non-hydrogen) atoms. The first kappa shape index (κ1) is 14.6. The fourth-order valence-corrected chi connectivity index (χ4v) is 2.15. The number of ether oxygens (including phenoxy) is 1. The summed E-state index contributed by atoms with van der Waals surface area (Å²) in [5, 5.41) is 0.940. The zero-order chi connectivity index (χ0) is 14.9. The molecule has 0 aliphatic carbocycles. The second-order valence-corrected chi connectivity index (χ2v) is 6.51. The second kappa shape index (κ2) is 5.31. The van der Waals surface area contributed by atoms with Crippen molar-refractivity contribution in [3.05, 3.63) is 30.0 Å². The van der Waals surface area contributed by atoms with E-state index in [2.05, 4.69) is 32.7 Å². The smallest absolute Gasteiger partial charge is 0.165 e. The summed E-state index contributed by atoms with van der Waals surface area (Å²) in [4.78, 5) is 15.7. The Hall–Kier alpha value is -1.77. The van der Waals surface area contributed by atoms with Crippen molar-refractivity contribution in [2.75, 3.05) is 7.11 Å². The van der Waals surface area contributed by atoms with Gasteiger partial charge in [-0.05, 0) is 29.5 Å². The maximum absolute atomic E-state index is 12.5. The third-order valence-electron chi connectivity index (χ3n) is 4.16. The van der Waals surface area contributed by atoms with Crippen molar-refractivity contribution in [3.8, 4) is 5.75 Å². The lowest BCUT2D eigenvalue weighted by Gasteiger charge is -2.26. The molecule has 1 unspecified atom stereocenters. The standard InChI is InChI=1S/C17H23NO2/c1-11(17(2,3)4)8-16(19)14-10-18-15-7-6-12(20-5)9-13(14)15/h6-7,9-11,18H,8H2,1-5H3. The Bertz CT molecular complexity index is 619. The zero-order valence-electron chi connectivity index (χ0n) is 12.9. The van der Waals surface area contributed by atoms with E-state index in [1.807, 2.05) is 24.4 Å². The summed E-state index contributed by atoms with van der Waals surface area (Å²) in [6.45, 7) is 8.64. The van der Waals surface area contributed by atoms with Crippen molar-refractivity contribution in [2.45, 2.75) is 34.1 Å². The first-order valence-corrected chi connectivity index (χ1v) is 7.01. The van der Waals surface area contributed by atoms with Crippen LogP contribution in [0.4, 0.5) is 0 Å². The van der Waals surface area contributed by atoms with Gasteiger partial charge in [0, 0.05) is 29.1 Å². The molecule has 3 heteroatoms. The maximum atomic E-state index is 12.5. The molecule has 2 rings (SSSR count). The van der Waals surface area contributed by atoms with Crippen LogP contribution in [0.15, 0.2) is 24.4 Å². The highest BCUT2D eigenvalue weighted by Crippen LogP contribution is 2.31. The highest BCUT2D eigenvalue weighted by Gasteiger charge is 2.24.